The molecule has 0 amide bonds. The number of nitrogen functional groups attached to an aromatic ring is 1. The molecule has 0 radical (unpaired) electrons. The topological polar surface area (TPSA) is 95.0 Å². The predicted molar refractivity (Wildman–Crippen MR) is 90.0 cm³/mol. The minimum atomic E-state index is 0.214. The van der Waals surface area contributed by atoms with Crippen LogP contribution in [0.2, 0.25) is 0 Å². The van der Waals surface area contributed by atoms with Crippen LogP contribution in [0.1, 0.15) is 35.4 Å². The number of benzene rings is 1. The number of hydrogen-bond acceptors (Lipinski definition) is 5. The van der Waals surface area contributed by atoms with Gasteiger partial charge >= 0.3 is 0 Å². The second kappa shape index (κ2) is 6.27. The third-order valence-electron chi connectivity index (χ3n) is 4.52. The standard InChI is InChI=1S/C18H20N4O/c1-11-16(12-6-8-21-9-7-12)15(10-19)18(20)22-17(11)13-2-4-14(23)5-3-13/h2-5,12,21,23H,6-9H2,1H3,(H2,20,22). The Kier molecular flexibility index (Phi) is 4.18. The summed E-state index contributed by atoms with van der Waals surface area (Å²) in [5, 5.41) is 22.4. The summed E-state index contributed by atoms with van der Waals surface area (Å²) in [5.74, 6) is 0.827. The highest BCUT2D eigenvalue weighted by atomic mass is 16.3. The number of nitrogens with two attached hydrogens (primary N) is 1. The minimum Gasteiger partial charge on any atom is -0.508 e. The van der Waals surface area contributed by atoms with E-state index < -0.39 is 0 Å². The van der Waals surface area contributed by atoms with Crippen LogP contribution in [-0.2, 0) is 0 Å². The van der Waals surface area contributed by atoms with Crippen LogP contribution in [0.25, 0.3) is 11.3 Å². The zero-order valence-corrected chi connectivity index (χ0v) is 13.1. The summed E-state index contributed by atoms with van der Waals surface area (Å²) >= 11 is 0. The summed E-state index contributed by atoms with van der Waals surface area (Å²) in [6, 6.07) is 9.15. The summed E-state index contributed by atoms with van der Waals surface area (Å²) in [4.78, 5) is 4.46. The fourth-order valence-electron chi connectivity index (χ4n) is 3.35. The Balaban J connectivity index is 2.17. The van der Waals surface area contributed by atoms with E-state index in [9.17, 15) is 10.4 Å². The number of hydrogen-bond donors (Lipinski definition) is 3. The first-order chi connectivity index (χ1) is 11.1. The van der Waals surface area contributed by atoms with Crippen molar-refractivity contribution in [3.63, 3.8) is 0 Å². The lowest BCUT2D eigenvalue weighted by Crippen LogP contribution is -2.27. The fourth-order valence-corrected chi connectivity index (χ4v) is 3.35. The van der Waals surface area contributed by atoms with Crippen molar-refractivity contribution >= 4 is 5.82 Å². The molecule has 1 fully saturated rings. The summed E-state index contributed by atoms with van der Waals surface area (Å²) < 4.78 is 0. The van der Waals surface area contributed by atoms with Gasteiger partial charge in [0.25, 0.3) is 0 Å². The highest BCUT2D eigenvalue weighted by molar-refractivity contribution is 5.71. The number of aromatic nitrogens is 1. The first-order valence-corrected chi connectivity index (χ1v) is 7.82. The van der Waals surface area contributed by atoms with Gasteiger partial charge in [0.2, 0.25) is 0 Å². The highest BCUT2D eigenvalue weighted by Crippen LogP contribution is 2.37. The maximum Gasteiger partial charge on any atom is 0.142 e. The third kappa shape index (κ3) is 2.86. The van der Waals surface area contributed by atoms with Gasteiger partial charge in [-0.2, -0.15) is 5.26 Å². The van der Waals surface area contributed by atoms with E-state index in [4.69, 9.17) is 5.73 Å². The molecule has 0 unspecified atom stereocenters. The number of pyridine rings is 1. The van der Waals surface area contributed by atoms with Gasteiger partial charge in [0.05, 0.1) is 11.3 Å². The molecule has 1 aliphatic heterocycles. The molecule has 23 heavy (non-hydrogen) atoms. The van der Waals surface area contributed by atoms with Crippen LogP contribution in [0.15, 0.2) is 24.3 Å². The number of nitrogens with one attached hydrogen (secondary N) is 1. The van der Waals surface area contributed by atoms with E-state index in [0.717, 1.165) is 48.3 Å². The van der Waals surface area contributed by atoms with E-state index in [1.165, 1.54) is 0 Å². The number of nitrogens with zero attached hydrogens (tertiary/aromatic N) is 2. The van der Waals surface area contributed by atoms with Gasteiger partial charge < -0.3 is 16.2 Å². The van der Waals surface area contributed by atoms with Gasteiger partial charge in [-0.05, 0) is 74.2 Å². The zero-order valence-electron chi connectivity index (χ0n) is 13.1. The number of phenols is 1. The van der Waals surface area contributed by atoms with Crippen molar-refractivity contribution in [1.82, 2.24) is 10.3 Å². The number of aromatic hydroxyl groups is 1. The number of piperidine rings is 1. The van der Waals surface area contributed by atoms with Crippen LogP contribution >= 0.6 is 0 Å². The SMILES string of the molecule is Cc1c(-c2ccc(O)cc2)nc(N)c(C#N)c1C1CCNCC1. The average molecular weight is 308 g/mol. The molecule has 4 N–H and O–H groups in total. The Morgan fingerprint density at radius 1 is 1.26 bits per heavy atom. The number of nitriles is 1. The maximum absolute atomic E-state index is 9.53. The molecule has 2 heterocycles. The molecule has 3 rings (SSSR count). The van der Waals surface area contributed by atoms with E-state index in [1.807, 2.05) is 19.1 Å². The molecule has 0 saturated carbocycles. The van der Waals surface area contributed by atoms with Crippen LogP contribution in [-0.4, -0.2) is 23.2 Å². The third-order valence-corrected chi connectivity index (χ3v) is 4.52. The van der Waals surface area contributed by atoms with E-state index in [2.05, 4.69) is 16.4 Å². The van der Waals surface area contributed by atoms with Crippen LogP contribution < -0.4 is 11.1 Å². The smallest absolute Gasteiger partial charge is 0.142 e. The van der Waals surface area contributed by atoms with Gasteiger partial charge in [-0.15, -0.1) is 0 Å². The molecule has 0 spiro atoms. The van der Waals surface area contributed by atoms with E-state index in [0.29, 0.717) is 11.5 Å². The molecule has 5 nitrogen and oxygen atoms in total. The summed E-state index contributed by atoms with van der Waals surface area (Å²) in [6.45, 7) is 3.91. The first kappa shape index (κ1) is 15.3. The Morgan fingerprint density at radius 3 is 2.52 bits per heavy atom. The normalized spacial score (nSPS) is 15.3. The largest absolute Gasteiger partial charge is 0.508 e. The molecular weight excluding hydrogens is 288 g/mol. The average Bonchev–Trinajstić information content (AvgIpc) is 2.58. The summed E-state index contributed by atoms with van der Waals surface area (Å²) in [6.07, 6.45) is 1.99. The molecule has 0 atom stereocenters. The van der Waals surface area contributed by atoms with Gasteiger partial charge in [-0.1, -0.05) is 0 Å². The lowest BCUT2D eigenvalue weighted by Gasteiger charge is -2.26. The predicted octanol–water partition coefficient (Wildman–Crippen LogP) is 2.68. The second-order valence-electron chi connectivity index (χ2n) is 5.94. The lowest BCUT2D eigenvalue weighted by atomic mass is 9.83. The van der Waals surface area contributed by atoms with Crippen LogP contribution in [0.3, 0.4) is 0 Å². The van der Waals surface area contributed by atoms with Crippen molar-refractivity contribution in [2.45, 2.75) is 25.7 Å². The Morgan fingerprint density at radius 2 is 1.91 bits per heavy atom. The van der Waals surface area contributed by atoms with Gasteiger partial charge in [-0.25, -0.2) is 4.98 Å². The van der Waals surface area contributed by atoms with Crippen molar-refractivity contribution in [3.8, 4) is 23.1 Å². The molecule has 0 aliphatic carbocycles. The van der Waals surface area contributed by atoms with E-state index in [1.54, 1.807) is 12.1 Å². The summed E-state index contributed by atoms with van der Waals surface area (Å²) in [7, 11) is 0. The second-order valence-corrected chi connectivity index (χ2v) is 5.94. The molecule has 1 aliphatic rings. The van der Waals surface area contributed by atoms with E-state index in [-0.39, 0.29) is 11.6 Å². The number of phenolic OH excluding ortho intramolecular Hbond substituents is 1. The van der Waals surface area contributed by atoms with Crippen molar-refractivity contribution in [3.05, 3.63) is 41.0 Å². The Labute approximate surface area is 135 Å². The molecule has 1 aromatic carbocycles. The molecule has 5 heteroatoms. The fraction of sp³-hybridized carbons (Fsp3) is 0.333. The minimum absolute atomic E-state index is 0.214. The van der Waals surface area contributed by atoms with Crippen molar-refractivity contribution < 1.29 is 5.11 Å². The molecule has 118 valence electrons. The Bertz CT molecular complexity index is 756. The Hall–Kier alpha value is -2.58. The molecule has 0 bridgehead atoms. The highest BCUT2D eigenvalue weighted by Gasteiger charge is 2.25. The van der Waals surface area contributed by atoms with Gasteiger partial charge in [0, 0.05) is 5.56 Å². The zero-order chi connectivity index (χ0) is 16.4. The van der Waals surface area contributed by atoms with E-state index >= 15 is 0 Å². The van der Waals surface area contributed by atoms with Crippen LogP contribution in [0.4, 0.5) is 5.82 Å². The van der Waals surface area contributed by atoms with Gasteiger partial charge in [-0.3, -0.25) is 0 Å². The maximum atomic E-state index is 9.53. The van der Waals surface area contributed by atoms with Crippen molar-refractivity contribution in [2.75, 3.05) is 18.8 Å². The number of anilines is 1. The van der Waals surface area contributed by atoms with Gasteiger partial charge in [0.1, 0.15) is 17.6 Å². The van der Waals surface area contributed by atoms with Crippen molar-refractivity contribution in [2.24, 2.45) is 0 Å². The summed E-state index contributed by atoms with van der Waals surface area (Å²) in [5.41, 5.74) is 10.3. The lowest BCUT2D eigenvalue weighted by molar-refractivity contribution is 0.458. The van der Waals surface area contributed by atoms with Crippen LogP contribution in [0.5, 0.6) is 5.75 Å². The monoisotopic (exact) mass is 308 g/mol. The molecular formula is C18H20N4O. The van der Waals surface area contributed by atoms with Crippen LogP contribution in [0, 0.1) is 18.3 Å². The van der Waals surface area contributed by atoms with Gasteiger partial charge in [0.15, 0.2) is 0 Å². The molecule has 1 aromatic heterocycles. The quantitative estimate of drug-likeness (QED) is 0.793. The molecule has 2 aromatic rings. The first-order valence-electron chi connectivity index (χ1n) is 7.82. The van der Waals surface area contributed by atoms with Crippen molar-refractivity contribution in [1.29, 1.82) is 5.26 Å². The molecule has 1 saturated heterocycles. The number of rotatable bonds is 2.